The topological polar surface area (TPSA) is 120 Å². The van der Waals surface area contributed by atoms with Gasteiger partial charge in [0, 0.05) is 25.7 Å². The summed E-state index contributed by atoms with van der Waals surface area (Å²) in [6.07, 6.45) is 1.01. The van der Waals surface area contributed by atoms with Crippen LogP contribution in [0.5, 0.6) is 5.75 Å². The summed E-state index contributed by atoms with van der Waals surface area (Å²) in [5.74, 6) is 0.240. The van der Waals surface area contributed by atoms with Crippen LogP contribution in [0.1, 0.15) is 11.1 Å². The molecule has 0 spiro atoms. The third kappa shape index (κ3) is 12.4. The molecule has 0 aromatic heterocycles. The molecule has 1 amide bonds. The monoisotopic (exact) mass is 493 g/mol. The van der Waals surface area contributed by atoms with Gasteiger partial charge in [0.05, 0.1) is 6.26 Å². The van der Waals surface area contributed by atoms with Gasteiger partial charge in [0.15, 0.2) is 0 Å². The highest BCUT2D eigenvalue weighted by Gasteiger charge is 2.14. The second kappa shape index (κ2) is 14.9. The SMILES string of the molecule is CS(=O)(=O)Oc1ccc(C[C@@H](CNCCN)NC(=O)OCc2ccccc2)cc1.Cl.Cl. The van der Waals surface area contributed by atoms with Crippen molar-refractivity contribution < 1.29 is 22.1 Å². The predicted octanol–water partition coefficient (Wildman–Crippen LogP) is 2.25. The van der Waals surface area contributed by atoms with Gasteiger partial charge in [-0.25, -0.2) is 4.79 Å². The van der Waals surface area contributed by atoms with Gasteiger partial charge >= 0.3 is 16.2 Å². The van der Waals surface area contributed by atoms with E-state index in [2.05, 4.69) is 10.6 Å². The largest absolute Gasteiger partial charge is 0.445 e. The molecular formula is C20H29Cl2N3O5S. The summed E-state index contributed by atoms with van der Waals surface area (Å²) < 4.78 is 32.5. The van der Waals surface area contributed by atoms with Crippen LogP contribution in [0.4, 0.5) is 4.79 Å². The fraction of sp³-hybridized carbons (Fsp3) is 0.350. The Morgan fingerprint density at radius 3 is 2.26 bits per heavy atom. The molecule has 31 heavy (non-hydrogen) atoms. The van der Waals surface area contributed by atoms with E-state index in [0.717, 1.165) is 17.4 Å². The normalized spacial score (nSPS) is 11.4. The minimum absolute atomic E-state index is 0. The molecule has 0 saturated heterocycles. The van der Waals surface area contributed by atoms with Crippen molar-refractivity contribution in [2.24, 2.45) is 5.73 Å². The number of hydrogen-bond acceptors (Lipinski definition) is 7. The van der Waals surface area contributed by atoms with Crippen LogP contribution in [0.2, 0.25) is 0 Å². The maximum atomic E-state index is 12.2. The maximum Gasteiger partial charge on any atom is 0.407 e. The van der Waals surface area contributed by atoms with Gasteiger partial charge in [0.2, 0.25) is 0 Å². The molecular weight excluding hydrogens is 465 g/mol. The molecule has 0 heterocycles. The number of ether oxygens (including phenoxy) is 1. The van der Waals surface area contributed by atoms with Gasteiger partial charge in [0.25, 0.3) is 0 Å². The van der Waals surface area contributed by atoms with Crippen molar-refractivity contribution in [3.8, 4) is 5.75 Å². The number of amides is 1. The Morgan fingerprint density at radius 1 is 1.03 bits per heavy atom. The Labute approximate surface area is 195 Å². The molecule has 0 unspecified atom stereocenters. The number of rotatable bonds is 11. The maximum absolute atomic E-state index is 12.2. The quantitative estimate of drug-likeness (QED) is 0.324. The molecule has 2 aromatic rings. The molecule has 0 bridgehead atoms. The highest BCUT2D eigenvalue weighted by atomic mass is 35.5. The summed E-state index contributed by atoms with van der Waals surface area (Å²) in [7, 11) is -3.57. The van der Waals surface area contributed by atoms with Gasteiger partial charge in [-0.15, -0.1) is 24.8 Å². The number of carbonyl (C=O) groups is 1. The highest BCUT2D eigenvalue weighted by molar-refractivity contribution is 7.86. The molecule has 11 heteroatoms. The number of benzene rings is 2. The third-order valence-electron chi connectivity index (χ3n) is 3.90. The van der Waals surface area contributed by atoms with Crippen molar-refractivity contribution >= 4 is 41.0 Å². The molecule has 2 rings (SSSR count). The van der Waals surface area contributed by atoms with E-state index in [1.54, 1.807) is 24.3 Å². The van der Waals surface area contributed by atoms with Gasteiger partial charge in [-0.2, -0.15) is 8.42 Å². The van der Waals surface area contributed by atoms with E-state index in [1.165, 1.54) is 0 Å². The van der Waals surface area contributed by atoms with Gasteiger partial charge in [-0.05, 0) is 29.7 Å². The van der Waals surface area contributed by atoms with Crippen LogP contribution in [-0.2, 0) is 27.9 Å². The number of nitrogens with two attached hydrogens (primary N) is 1. The minimum Gasteiger partial charge on any atom is -0.445 e. The van der Waals surface area contributed by atoms with E-state index in [4.69, 9.17) is 14.7 Å². The van der Waals surface area contributed by atoms with E-state index >= 15 is 0 Å². The molecule has 4 N–H and O–H groups in total. The first kappa shape index (κ1) is 29.0. The first-order valence-corrected chi connectivity index (χ1v) is 11.0. The fourth-order valence-electron chi connectivity index (χ4n) is 2.62. The van der Waals surface area contributed by atoms with Crippen LogP contribution < -0.4 is 20.6 Å². The minimum atomic E-state index is -3.57. The van der Waals surface area contributed by atoms with E-state index in [9.17, 15) is 13.2 Å². The Bertz CT molecular complexity index is 868. The first-order valence-electron chi connectivity index (χ1n) is 9.22. The van der Waals surface area contributed by atoms with Crippen molar-refractivity contribution in [3.63, 3.8) is 0 Å². The van der Waals surface area contributed by atoms with Crippen LogP contribution in [-0.4, -0.2) is 46.4 Å². The Balaban J connectivity index is 0.00000450. The van der Waals surface area contributed by atoms with Gasteiger partial charge in [-0.3, -0.25) is 0 Å². The predicted molar refractivity (Wildman–Crippen MR) is 126 cm³/mol. The second-order valence-electron chi connectivity index (χ2n) is 6.53. The van der Waals surface area contributed by atoms with Crippen LogP contribution in [0, 0.1) is 0 Å². The van der Waals surface area contributed by atoms with Crippen molar-refractivity contribution in [2.75, 3.05) is 25.9 Å². The summed E-state index contributed by atoms with van der Waals surface area (Å²) in [6.45, 7) is 1.81. The molecule has 0 aliphatic rings. The molecule has 174 valence electrons. The van der Waals surface area contributed by atoms with E-state index < -0.39 is 16.2 Å². The molecule has 0 aliphatic heterocycles. The molecule has 2 aromatic carbocycles. The Kier molecular flexibility index (Phi) is 13.9. The Morgan fingerprint density at radius 2 is 1.68 bits per heavy atom. The fourth-order valence-corrected chi connectivity index (χ4v) is 3.09. The number of carbonyl (C=O) groups excluding carboxylic acids is 1. The van der Waals surface area contributed by atoms with Crippen molar-refractivity contribution in [1.82, 2.24) is 10.6 Å². The van der Waals surface area contributed by atoms with Crippen molar-refractivity contribution in [2.45, 2.75) is 19.1 Å². The zero-order valence-corrected chi connectivity index (χ0v) is 19.6. The number of hydrogen-bond donors (Lipinski definition) is 3. The summed E-state index contributed by atoms with van der Waals surface area (Å²) in [5, 5.41) is 6.03. The summed E-state index contributed by atoms with van der Waals surface area (Å²) in [4.78, 5) is 12.2. The molecule has 0 saturated carbocycles. The molecule has 0 aliphatic carbocycles. The van der Waals surface area contributed by atoms with Gasteiger partial charge in [-0.1, -0.05) is 42.5 Å². The Hall–Kier alpha value is -2.04. The third-order valence-corrected chi connectivity index (χ3v) is 4.39. The summed E-state index contributed by atoms with van der Waals surface area (Å²) >= 11 is 0. The smallest absolute Gasteiger partial charge is 0.407 e. The lowest BCUT2D eigenvalue weighted by atomic mass is 10.1. The zero-order valence-electron chi connectivity index (χ0n) is 17.2. The zero-order chi connectivity index (χ0) is 21.1. The van der Waals surface area contributed by atoms with Crippen LogP contribution in [0.25, 0.3) is 0 Å². The number of halogens is 2. The number of alkyl carbamates (subject to hydrolysis) is 1. The van der Waals surface area contributed by atoms with E-state index in [-0.39, 0.29) is 43.2 Å². The highest BCUT2D eigenvalue weighted by Crippen LogP contribution is 2.15. The average Bonchev–Trinajstić information content (AvgIpc) is 2.68. The number of nitrogens with one attached hydrogen (secondary N) is 2. The summed E-state index contributed by atoms with van der Waals surface area (Å²) in [5.41, 5.74) is 7.33. The lowest BCUT2D eigenvalue weighted by Crippen LogP contribution is -2.44. The second-order valence-corrected chi connectivity index (χ2v) is 8.11. The molecule has 0 fully saturated rings. The first-order chi connectivity index (χ1) is 13.9. The standard InChI is InChI=1S/C20H27N3O5S.2ClH/c1-29(25,26)28-19-9-7-16(8-10-19)13-18(14-22-12-11-21)23-20(24)27-15-17-5-3-2-4-6-17;;/h2-10,18,22H,11-15,21H2,1H3,(H,23,24);2*1H/t18-;;/m0../s1. The average molecular weight is 494 g/mol. The van der Waals surface area contributed by atoms with Crippen LogP contribution >= 0.6 is 24.8 Å². The summed E-state index contributed by atoms with van der Waals surface area (Å²) in [6, 6.07) is 15.9. The van der Waals surface area contributed by atoms with E-state index in [1.807, 2.05) is 30.3 Å². The van der Waals surface area contributed by atoms with Crippen molar-refractivity contribution in [3.05, 3.63) is 65.7 Å². The molecule has 0 radical (unpaired) electrons. The lowest BCUT2D eigenvalue weighted by Gasteiger charge is -2.19. The molecule has 1 atom stereocenters. The van der Waals surface area contributed by atoms with Crippen LogP contribution in [0.15, 0.2) is 54.6 Å². The lowest BCUT2D eigenvalue weighted by molar-refractivity contribution is 0.135. The van der Waals surface area contributed by atoms with E-state index in [0.29, 0.717) is 26.1 Å². The van der Waals surface area contributed by atoms with Crippen LogP contribution in [0.3, 0.4) is 0 Å². The van der Waals surface area contributed by atoms with Crippen molar-refractivity contribution in [1.29, 1.82) is 0 Å². The van der Waals surface area contributed by atoms with Gasteiger partial charge < -0.3 is 25.3 Å². The molecule has 8 nitrogen and oxygen atoms in total. The van der Waals surface area contributed by atoms with Gasteiger partial charge in [0.1, 0.15) is 12.4 Å².